The third-order valence-corrected chi connectivity index (χ3v) is 3.05. The highest BCUT2D eigenvalue weighted by molar-refractivity contribution is 5.75. The summed E-state index contributed by atoms with van der Waals surface area (Å²) in [6.07, 6.45) is 4.49. The van der Waals surface area contributed by atoms with E-state index in [0.717, 1.165) is 45.3 Å². The van der Waals surface area contributed by atoms with Crippen LogP contribution in [0.3, 0.4) is 0 Å². The van der Waals surface area contributed by atoms with Gasteiger partial charge in [-0.05, 0) is 38.1 Å². The summed E-state index contributed by atoms with van der Waals surface area (Å²) in [5.74, 6) is 0.630. The third-order valence-electron chi connectivity index (χ3n) is 3.05. The number of carbonyl (C=O) groups excluding carboxylic acids is 1. The topological polar surface area (TPSA) is 58.4 Å². The number of nitrogens with two attached hydrogens (primary N) is 1. The second-order valence-electron chi connectivity index (χ2n) is 4.40. The highest BCUT2D eigenvalue weighted by Crippen LogP contribution is 2.22. The van der Waals surface area contributed by atoms with Gasteiger partial charge in [0.2, 0.25) is 0 Å². The van der Waals surface area contributed by atoms with Crippen LogP contribution in [-0.4, -0.2) is 36.6 Å². The molecule has 0 spiro atoms. The van der Waals surface area contributed by atoms with Crippen LogP contribution in [0.2, 0.25) is 0 Å². The minimum Gasteiger partial charge on any atom is -0.335 e. The Morgan fingerprint density at radius 2 is 2.21 bits per heavy atom. The molecular formula is C10H19N3O. The van der Waals surface area contributed by atoms with Crippen molar-refractivity contribution < 1.29 is 4.79 Å². The summed E-state index contributed by atoms with van der Waals surface area (Å²) in [7, 11) is 0. The molecule has 1 atom stereocenters. The zero-order valence-corrected chi connectivity index (χ0v) is 8.54. The first kappa shape index (κ1) is 9.77. The molecule has 4 nitrogen and oxygen atoms in total. The number of hydrogen-bond donors (Lipinski definition) is 2. The molecule has 0 radical (unpaired) electrons. The normalized spacial score (nSPS) is 26.6. The molecule has 1 aliphatic carbocycles. The Hall–Kier alpha value is -0.770. The Morgan fingerprint density at radius 1 is 1.43 bits per heavy atom. The lowest BCUT2D eigenvalue weighted by molar-refractivity contribution is 0.206. The molecule has 0 bridgehead atoms. The van der Waals surface area contributed by atoms with Crippen LogP contribution in [0.5, 0.6) is 0 Å². The van der Waals surface area contributed by atoms with Crippen molar-refractivity contribution in [1.82, 2.24) is 10.2 Å². The number of hydrogen-bond acceptors (Lipinski definition) is 2. The first-order valence-electron chi connectivity index (χ1n) is 5.55. The molecule has 4 heteroatoms. The predicted molar refractivity (Wildman–Crippen MR) is 54.9 cm³/mol. The van der Waals surface area contributed by atoms with Gasteiger partial charge in [-0.1, -0.05) is 0 Å². The maximum atomic E-state index is 11.6. The molecule has 3 N–H and O–H groups in total. The molecule has 1 saturated heterocycles. The average Bonchev–Trinajstić information content (AvgIpc) is 2.83. The van der Waals surface area contributed by atoms with Crippen molar-refractivity contribution in [3.05, 3.63) is 0 Å². The molecule has 1 saturated carbocycles. The highest BCUT2D eigenvalue weighted by Gasteiger charge is 2.29. The van der Waals surface area contributed by atoms with Crippen molar-refractivity contribution in [1.29, 1.82) is 0 Å². The van der Waals surface area contributed by atoms with E-state index in [1.54, 1.807) is 0 Å². The summed E-state index contributed by atoms with van der Waals surface area (Å²) < 4.78 is 0. The van der Waals surface area contributed by atoms with E-state index in [4.69, 9.17) is 5.73 Å². The molecule has 0 aromatic rings. The van der Waals surface area contributed by atoms with Crippen LogP contribution in [0.25, 0.3) is 0 Å². The zero-order chi connectivity index (χ0) is 9.97. The fourth-order valence-corrected chi connectivity index (χ4v) is 1.98. The van der Waals surface area contributed by atoms with Crippen LogP contribution in [0.1, 0.15) is 25.7 Å². The van der Waals surface area contributed by atoms with Gasteiger partial charge in [0, 0.05) is 19.1 Å². The Balaban J connectivity index is 1.73. The molecule has 1 aliphatic heterocycles. The van der Waals surface area contributed by atoms with Gasteiger partial charge in [-0.25, -0.2) is 4.79 Å². The summed E-state index contributed by atoms with van der Waals surface area (Å²) in [6.45, 7) is 2.54. The second kappa shape index (κ2) is 4.17. The fourth-order valence-electron chi connectivity index (χ4n) is 1.98. The smallest absolute Gasteiger partial charge is 0.317 e. The Labute approximate surface area is 84.8 Å². The Bertz CT molecular complexity index is 215. The summed E-state index contributed by atoms with van der Waals surface area (Å²) >= 11 is 0. The minimum absolute atomic E-state index is 0.132. The summed E-state index contributed by atoms with van der Waals surface area (Å²) in [5, 5.41) is 3.01. The van der Waals surface area contributed by atoms with Crippen LogP contribution in [0.4, 0.5) is 4.79 Å². The Kier molecular flexibility index (Phi) is 2.91. The lowest BCUT2D eigenvalue weighted by Crippen LogP contribution is -2.39. The quantitative estimate of drug-likeness (QED) is 0.693. The van der Waals surface area contributed by atoms with E-state index < -0.39 is 0 Å². The fraction of sp³-hybridized carbons (Fsp3) is 0.900. The van der Waals surface area contributed by atoms with Gasteiger partial charge in [-0.2, -0.15) is 0 Å². The molecule has 1 heterocycles. The van der Waals surface area contributed by atoms with Crippen molar-refractivity contribution in [3.8, 4) is 0 Å². The largest absolute Gasteiger partial charge is 0.335 e. The van der Waals surface area contributed by atoms with E-state index in [9.17, 15) is 4.79 Å². The van der Waals surface area contributed by atoms with Crippen molar-refractivity contribution in [3.63, 3.8) is 0 Å². The maximum absolute atomic E-state index is 11.6. The van der Waals surface area contributed by atoms with Crippen LogP contribution in [0.15, 0.2) is 0 Å². The van der Waals surface area contributed by atoms with E-state index in [1.807, 2.05) is 4.90 Å². The lowest BCUT2D eigenvalue weighted by Gasteiger charge is -2.16. The van der Waals surface area contributed by atoms with E-state index in [2.05, 4.69) is 5.32 Å². The number of carbonyl (C=O) groups is 1. The number of nitrogens with zero attached hydrogens (tertiary/aromatic N) is 1. The standard InChI is InChI=1S/C10H19N3O/c11-5-3-8-4-6-13(7-8)10(14)12-9-1-2-9/h8-9H,1-7,11H2,(H,12,14). The van der Waals surface area contributed by atoms with Crippen molar-refractivity contribution in [2.24, 2.45) is 11.7 Å². The molecule has 0 aromatic heterocycles. The molecule has 1 unspecified atom stereocenters. The van der Waals surface area contributed by atoms with Gasteiger partial charge in [-0.3, -0.25) is 0 Å². The van der Waals surface area contributed by atoms with Gasteiger partial charge < -0.3 is 16.0 Å². The number of likely N-dealkylation sites (tertiary alicyclic amines) is 1. The maximum Gasteiger partial charge on any atom is 0.317 e. The highest BCUT2D eigenvalue weighted by atomic mass is 16.2. The van der Waals surface area contributed by atoms with E-state index in [-0.39, 0.29) is 6.03 Å². The molecule has 2 aliphatic rings. The first-order chi connectivity index (χ1) is 6.79. The van der Waals surface area contributed by atoms with E-state index >= 15 is 0 Å². The lowest BCUT2D eigenvalue weighted by atomic mass is 10.1. The number of amides is 2. The monoisotopic (exact) mass is 197 g/mol. The van der Waals surface area contributed by atoms with E-state index in [0.29, 0.717) is 12.0 Å². The number of rotatable bonds is 3. The number of urea groups is 1. The van der Waals surface area contributed by atoms with Crippen molar-refractivity contribution in [2.45, 2.75) is 31.7 Å². The van der Waals surface area contributed by atoms with Gasteiger partial charge in [-0.15, -0.1) is 0 Å². The van der Waals surface area contributed by atoms with Gasteiger partial charge in [0.1, 0.15) is 0 Å². The SMILES string of the molecule is NCCC1CCN(C(=O)NC2CC2)C1. The summed E-state index contributed by atoms with van der Waals surface area (Å²) in [4.78, 5) is 13.6. The minimum atomic E-state index is 0.132. The molecule has 2 amide bonds. The molecule has 80 valence electrons. The van der Waals surface area contributed by atoms with Crippen molar-refractivity contribution in [2.75, 3.05) is 19.6 Å². The van der Waals surface area contributed by atoms with Crippen molar-refractivity contribution >= 4 is 6.03 Å². The average molecular weight is 197 g/mol. The van der Waals surface area contributed by atoms with Gasteiger partial charge in [0.15, 0.2) is 0 Å². The molecule has 2 rings (SSSR count). The van der Waals surface area contributed by atoms with Crippen LogP contribution in [-0.2, 0) is 0 Å². The zero-order valence-electron chi connectivity index (χ0n) is 8.54. The third kappa shape index (κ3) is 2.38. The molecule has 0 aromatic carbocycles. The predicted octanol–water partition coefficient (Wildman–Crippen LogP) is 0.529. The van der Waals surface area contributed by atoms with Crippen LogP contribution in [0, 0.1) is 5.92 Å². The number of nitrogens with one attached hydrogen (secondary N) is 1. The van der Waals surface area contributed by atoms with E-state index in [1.165, 1.54) is 0 Å². The summed E-state index contributed by atoms with van der Waals surface area (Å²) in [6, 6.07) is 0.600. The van der Waals surface area contributed by atoms with Crippen LogP contribution >= 0.6 is 0 Å². The second-order valence-corrected chi connectivity index (χ2v) is 4.40. The van der Waals surface area contributed by atoms with Gasteiger partial charge in [0.25, 0.3) is 0 Å². The van der Waals surface area contributed by atoms with Crippen LogP contribution < -0.4 is 11.1 Å². The summed E-state index contributed by atoms with van der Waals surface area (Å²) in [5.41, 5.74) is 5.50. The van der Waals surface area contributed by atoms with Gasteiger partial charge >= 0.3 is 6.03 Å². The molecular weight excluding hydrogens is 178 g/mol. The van der Waals surface area contributed by atoms with Gasteiger partial charge in [0.05, 0.1) is 0 Å². The molecule has 14 heavy (non-hydrogen) atoms. The molecule has 2 fully saturated rings. The Morgan fingerprint density at radius 3 is 2.86 bits per heavy atom. The first-order valence-corrected chi connectivity index (χ1v) is 5.55.